The first kappa shape index (κ1) is 25.8. The van der Waals surface area contributed by atoms with Gasteiger partial charge in [0.2, 0.25) is 0 Å². The average Bonchev–Trinajstić information content (AvgIpc) is 2.83. The van der Waals surface area contributed by atoms with Crippen molar-refractivity contribution in [2.45, 2.75) is 44.8 Å². The van der Waals surface area contributed by atoms with Crippen LogP contribution in [-0.4, -0.2) is 55.1 Å². The number of aromatic nitrogens is 2. The highest BCUT2D eigenvalue weighted by Crippen LogP contribution is 2.38. The maximum atomic E-state index is 14.5. The summed E-state index contributed by atoms with van der Waals surface area (Å²) in [5, 5.41) is 14.1. The standard InChI is InChI=1S/C26H33F2N5O3/c1-15(17-9-18(11-19(29)10-17)26(27,28)14-35-3)30-25-21-12-23(33-7-5-20(34)6-8-33)24(36-4)13-22(21)31-16(2)32-25/h9-13,15,20,34H,5-8,14,29H2,1-4H3,(H,30,31,32)/t15-/m1/s1. The summed E-state index contributed by atoms with van der Waals surface area (Å²) < 4.78 is 39.4. The van der Waals surface area contributed by atoms with Crippen LogP contribution in [0.25, 0.3) is 10.9 Å². The zero-order valence-corrected chi connectivity index (χ0v) is 21.0. The summed E-state index contributed by atoms with van der Waals surface area (Å²) in [5.41, 5.74) is 8.22. The largest absolute Gasteiger partial charge is 0.495 e. The molecule has 3 aromatic rings. The van der Waals surface area contributed by atoms with E-state index in [4.69, 9.17) is 15.2 Å². The molecule has 1 atom stereocenters. The van der Waals surface area contributed by atoms with Gasteiger partial charge in [0.05, 0.1) is 30.5 Å². The molecule has 0 saturated carbocycles. The van der Waals surface area contributed by atoms with E-state index in [1.165, 1.54) is 19.2 Å². The van der Waals surface area contributed by atoms with Gasteiger partial charge in [-0.3, -0.25) is 0 Å². The van der Waals surface area contributed by atoms with Gasteiger partial charge in [-0.1, -0.05) is 0 Å². The fourth-order valence-corrected chi connectivity index (χ4v) is 4.58. The Morgan fingerprint density at radius 1 is 1.17 bits per heavy atom. The number of aliphatic hydroxyl groups excluding tert-OH is 1. The number of hydrogen-bond donors (Lipinski definition) is 3. The van der Waals surface area contributed by atoms with Crippen molar-refractivity contribution in [2.24, 2.45) is 0 Å². The lowest BCUT2D eigenvalue weighted by Gasteiger charge is -2.32. The Labute approximate surface area is 209 Å². The topological polar surface area (TPSA) is 106 Å². The second-order valence-corrected chi connectivity index (χ2v) is 9.27. The molecule has 2 aromatic carbocycles. The van der Waals surface area contributed by atoms with Crippen molar-refractivity contribution in [1.82, 2.24) is 9.97 Å². The molecule has 1 saturated heterocycles. The summed E-state index contributed by atoms with van der Waals surface area (Å²) in [7, 11) is 2.86. The molecule has 0 spiro atoms. The van der Waals surface area contributed by atoms with E-state index in [1.54, 1.807) is 20.1 Å². The number of halogens is 2. The predicted molar refractivity (Wildman–Crippen MR) is 137 cm³/mol. The fourth-order valence-electron chi connectivity index (χ4n) is 4.58. The van der Waals surface area contributed by atoms with Gasteiger partial charge in [-0.2, -0.15) is 8.78 Å². The maximum Gasteiger partial charge on any atom is 0.296 e. The van der Waals surface area contributed by atoms with Crippen molar-refractivity contribution in [3.05, 3.63) is 47.3 Å². The number of rotatable bonds is 8. The molecule has 194 valence electrons. The van der Waals surface area contributed by atoms with Crippen LogP contribution >= 0.6 is 0 Å². The van der Waals surface area contributed by atoms with E-state index in [0.29, 0.717) is 54.4 Å². The SMILES string of the molecule is COCC(F)(F)c1cc(N)cc([C@@H](C)Nc2nc(C)nc3cc(OC)c(N4CCC(O)CC4)cc23)c1. The molecule has 0 radical (unpaired) electrons. The molecule has 10 heteroatoms. The van der Waals surface area contributed by atoms with Gasteiger partial charge in [0.25, 0.3) is 5.92 Å². The maximum absolute atomic E-state index is 14.5. The molecule has 0 bridgehead atoms. The number of anilines is 3. The Kier molecular flexibility index (Phi) is 7.46. The molecule has 1 aromatic heterocycles. The van der Waals surface area contributed by atoms with E-state index < -0.39 is 12.5 Å². The summed E-state index contributed by atoms with van der Waals surface area (Å²) in [5.74, 6) is -1.33. The minimum Gasteiger partial charge on any atom is -0.495 e. The van der Waals surface area contributed by atoms with Crippen LogP contribution in [0.2, 0.25) is 0 Å². The third kappa shape index (κ3) is 5.44. The van der Waals surface area contributed by atoms with Gasteiger partial charge in [0, 0.05) is 42.9 Å². The number of ether oxygens (including phenoxy) is 2. The Bertz CT molecular complexity index is 1230. The quantitative estimate of drug-likeness (QED) is 0.390. The fraction of sp³-hybridized carbons (Fsp3) is 0.462. The zero-order valence-electron chi connectivity index (χ0n) is 21.0. The van der Waals surface area contributed by atoms with Crippen LogP contribution in [0.3, 0.4) is 0 Å². The molecule has 1 aliphatic rings. The highest BCUT2D eigenvalue weighted by Gasteiger charge is 2.32. The number of alkyl halides is 2. The molecule has 4 N–H and O–H groups in total. The molecule has 0 unspecified atom stereocenters. The lowest BCUT2D eigenvalue weighted by atomic mass is 10.00. The molecule has 0 aliphatic carbocycles. The summed E-state index contributed by atoms with van der Waals surface area (Å²) in [6.07, 6.45) is 1.06. The summed E-state index contributed by atoms with van der Waals surface area (Å²) >= 11 is 0. The van der Waals surface area contributed by atoms with Gasteiger partial charge >= 0.3 is 0 Å². The number of aryl methyl sites for hydroxylation is 1. The Hall–Kier alpha value is -3.24. The molecule has 1 fully saturated rings. The number of nitrogen functional groups attached to an aromatic ring is 1. The van der Waals surface area contributed by atoms with Crippen LogP contribution in [0.5, 0.6) is 5.75 Å². The highest BCUT2D eigenvalue weighted by atomic mass is 19.3. The van der Waals surface area contributed by atoms with Crippen LogP contribution in [-0.2, 0) is 10.7 Å². The second-order valence-electron chi connectivity index (χ2n) is 9.27. The van der Waals surface area contributed by atoms with E-state index in [-0.39, 0.29) is 23.4 Å². The number of fused-ring (bicyclic) bond motifs is 1. The number of nitrogens with two attached hydrogens (primary N) is 1. The third-order valence-electron chi connectivity index (χ3n) is 6.49. The molecule has 1 aliphatic heterocycles. The second kappa shape index (κ2) is 10.4. The van der Waals surface area contributed by atoms with Gasteiger partial charge in [-0.25, -0.2) is 9.97 Å². The van der Waals surface area contributed by atoms with Crippen molar-refractivity contribution in [1.29, 1.82) is 0 Å². The minimum atomic E-state index is -3.16. The van der Waals surface area contributed by atoms with Crippen LogP contribution < -0.4 is 20.7 Å². The average molecular weight is 502 g/mol. The lowest BCUT2D eigenvalue weighted by Crippen LogP contribution is -2.36. The van der Waals surface area contributed by atoms with Gasteiger partial charge in [-0.15, -0.1) is 0 Å². The van der Waals surface area contributed by atoms with E-state index in [2.05, 4.69) is 20.2 Å². The minimum absolute atomic E-state index is 0.198. The number of nitrogens with one attached hydrogen (secondary N) is 1. The normalized spacial score (nSPS) is 15.8. The summed E-state index contributed by atoms with van der Waals surface area (Å²) in [4.78, 5) is 11.4. The lowest BCUT2D eigenvalue weighted by molar-refractivity contribution is -0.0698. The molecule has 0 amide bonds. The van der Waals surface area contributed by atoms with Gasteiger partial charge in [0.15, 0.2) is 0 Å². The van der Waals surface area contributed by atoms with Gasteiger partial charge < -0.3 is 30.5 Å². The first-order valence-electron chi connectivity index (χ1n) is 11.9. The first-order valence-corrected chi connectivity index (χ1v) is 11.9. The number of benzene rings is 2. The Morgan fingerprint density at radius 2 is 1.89 bits per heavy atom. The van der Waals surface area contributed by atoms with Gasteiger partial charge in [0.1, 0.15) is 24.0 Å². The van der Waals surface area contributed by atoms with Crippen molar-refractivity contribution in [3.63, 3.8) is 0 Å². The van der Waals surface area contributed by atoms with E-state index >= 15 is 0 Å². The molecule has 4 rings (SSSR count). The van der Waals surface area contributed by atoms with E-state index in [1.807, 2.05) is 19.1 Å². The number of aliphatic hydroxyl groups is 1. The number of nitrogens with zero attached hydrogens (tertiary/aromatic N) is 3. The van der Waals surface area contributed by atoms with Crippen LogP contribution in [0.4, 0.5) is 26.0 Å². The Balaban J connectivity index is 1.72. The molecular formula is C26H33F2N5O3. The van der Waals surface area contributed by atoms with Crippen molar-refractivity contribution in [2.75, 3.05) is 49.9 Å². The highest BCUT2D eigenvalue weighted by molar-refractivity contribution is 5.94. The van der Waals surface area contributed by atoms with Crippen LogP contribution in [0.15, 0.2) is 30.3 Å². The summed E-state index contributed by atoms with van der Waals surface area (Å²) in [6.45, 7) is 4.34. The van der Waals surface area contributed by atoms with Crippen LogP contribution in [0.1, 0.15) is 42.8 Å². The number of methoxy groups -OCH3 is 2. The first-order chi connectivity index (χ1) is 17.1. The smallest absolute Gasteiger partial charge is 0.296 e. The van der Waals surface area contributed by atoms with E-state index in [9.17, 15) is 13.9 Å². The van der Waals surface area contributed by atoms with Crippen molar-refractivity contribution >= 4 is 28.1 Å². The van der Waals surface area contributed by atoms with Gasteiger partial charge in [-0.05, 0) is 56.5 Å². The molecule has 8 nitrogen and oxygen atoms in total. The molecular weight excluding hydrogens is 468 g/mol. The van der Waals surface area contributed by atoms with Crippen molar-refractivity contribution in [3.8, 4) is 5.75 Å². The third-order valence-corrected chi connectivity index (χ3v) is 6.49. The summed E-state index contributed by atoms with van der Waals surface area (Å²) in [6, 6.07) is 7.87. The monoisotopic (exact) mass is 501 g/mol. The number of hydrogen-bond acceptors (Lipinski definition) is 8. The Morgan fingerprint density at radius 3 is 2.56 bits per heavy atom. The van der Waals surface area contributed by atoms with Crippen LogP contribution in [0, 0.1) is 6.92 Å². The van der Waals surface area contributed by atoms with Crippen molar-refractivity contribution < 1.29 is 23.4 Å². The van der Waals surface area contributed by atoms with E-state index in [0.717, 1.165) is 11.1 Å². The zero-order chi connectivity index (χ0) is 26.0. The molecule has 36 heavy (non-hydrogen) atoms. The number of piperidine rings is 1. The molecule has 2 heterocycles. The predicted octanol–water partition coefficient (Wildman–Crippen LogP) is 4.40.